The average Bonchev–Trinajstić information content (AvgIpc) is 3.26. The second-order valence-electron chi connectivity index (χ2n) is 9.06. The van der Waals surface area contributed by atoms with Crippen LogP contribution in [0.25, 0.3) is 0 Å². The Kier molecular flexibility index (Phi) is 5.09. The van der Waals surface area contributed by atoms with Crippen LogP contribution in [0.2, 0.25) is 0 Å². The molecule has 164 valence electrons. The molecule has 0 spiro atoms. The van der Waals surface area contributed by atoms with E-state index in [0.29, 0.717) is 16.5 Å². The Balaban J connectivity index is 1.49. The van der Waals surface area contributed by atoms with Crippen LogP contribution < -0.4 is 10.0 Å². The summed E-state index contributed by atoms with van der Waals surface area (Å²) in [5.74, 6) is 0.573. The Labute approximate surface area is 190 Å². The second kappa shape index (κ2) is 7.82. The molecule has 0 aromatic heterocycles. The number of fused-ring (bicyclic) bond motifs is 3. The van der Waals surface area contributed by atoms with Gasteiger partial charge < -0.3 is 5.32 Å². The molecule has 4 nitrogen and oxygen atoms in total. The highest BCUT2D eigenvalue weighted by Gasteiger charge is 2.38. The Morgan fingerprint density at radius 2 is 1.66 bits per heavy atom. The van der Waals surface area contributed by atoms with E-state index in [-0.39, 0.29) is 12.0 Å². The lowest BCUT2D eigenvalue weighted by atomic mass is 9.77. The smallest absolute Gasteiger partial charge is 0.261 e. The molecule has 2 N–H and O–H groups in total. The highest BCUT2D eigenvalue weighted by atomic mass is 32.2. The molecule has 5 rings (SSSR count). The molecule has 3 atom stereocenters. The first kappa shape index (κ1) is 20.8. The lowest BCUT2D eigenvalue weighted by molar-refractivity contribution is 0.425. The van der Waals surface area contributed by atoms with E-state index >= 15 is 0 Å². The molecule has 2 aliphatic rings. The molecule has 32 heavy (non-hydrogen) atoms. The van der Waals surface area contributed by atoms with Gasteiger partial charge in [0.15, 0.2) is 0 Å². The maximum Gasteiger partial charge on any atom is 0.261 e. The number of hydrogen-bond acceptors (Lipinski definition) is 3. The van der Waals surface area contributed by atoms with Crippen molar-refractivity contribution in [2.24, 2.45) is 5.92 Å². The highest BCUT2D eigenvalue weighted by molar-refractivity contribution is 7.92. The molecule has 3 aromatic rings. The molecular formula is C27H28N2O2S. The van der Waals surface area contributed by atoms with Gasteiger partial charge in [0.1, 0.15) is 0 Å². The van der Waals surface area contributed by atoms with Crippen LogP contribution in [0.1, 0.15) is 46.2 Å². The lowest BCUT2D eigenvalue weighted by Crippen LogP contribution is -2.29. The van der Waals surface area contributed by atoms with Gasteiger partial charge in [0.05, 0.1) is 16.6 Å². The van der Waals surface area contributed by atoms with Crippen LogP contribution in [0.3, 0.4) is 0 Å². The molecule has 0 saturated carbocycles. The second-order valence-corrected chi connectivity index (χ2v) is 10.7. The molecule has 5 heteroatoms. The topological polar surface area (TPSA) is 58.2 Å². The zero-order valence-electron chi connectivity index (χ0n) is 18.6. The summed E-state index contributed by atoms with van der Waals surface area (Å²) in [5.41, 5.74) is 7.21. The first-order valence-electron chi connectivity index (χ1n) is 11.1. The molecule has 0 bridgehead atoms. The fourth-order valence-electron chi connectivity index (χ4n) is 4.98. The summed E-state index contributed by atoms with van der Waals surface area (Å²) >= 11 is 0. The van der Waals surface area contributed by atoms with Crippen LogP contribution in [-0.2, 0) is 10.0 Å². The van der Waals surface area contributed by atoms with Crippen molar-refractivity contribution >= 4 is 21.4 Å². The number of rotatable bonds is 4. The third kappa shape index (κ3) is 3.71. The maximum absolute atomic E-state index is 13.2. The summed E-state index contributed by atoms with van der Waals surface area (Å²) in [5, 5.41) is 3.69. The molecule has 1 aliphatic heterocycles. The number of sulfonamides is 1. The largest absolute Gasteiger partial charge is 0.378 e. The fourth-order valence-corrected chi connectivity index (χ4v) is 6.14. The van der Waals surface area contributed by atoms with Crippen LogP contribution in [0, 0.1) is 26.7 Å². The summed E-state index contributed by atoms with van der Waals surface area (Å²) < 4.78 is 29.1. The van der Waals surface area contributed by atoms with Gasteiger partial charge in [-0.05, 0) is 74.1 Å². The lowest BCUT2D eigenvalue weighted by Gasteiger charge is -2.37. The maximum atomic E-state index is 13.2. The Morgan fingerprint density at radius 3 is 2.41 bits per heavy atom. The van der Waals surface area contributed by atoms with E-state index in [1.54, 1.807) is 6.07 Å². The van der Waals surface area contributed by atoms with Gasteiger partial charge in [-0.1, -0.05) is 59.7 Å². The molecule has 1 heterocycles. The Bertz CT molecular complexity index is 1310. The van der Waals surface area contributed by atoms with E-state index in [2.05, 4.69) is 53.4 Å². The molecular weight excluding hydrogens is 416 g/mol. The van der Waals surface area contributed by atoms with Crippen molar-refractivity contribution in [1.29, 1.82) is 0 Å². The first-order chi connectivity index (χ1) is 15.3. The van der Waals surface area contributed by atoms with Crippen molar-refractivity contribution in [1.82, 2.24) is 0 Å². The summed E-state index contributed by atoms with van der Waals surface area (Å²) in [6.07, 6.45) is 5.44. The molecule has 0 saturated heterocycles. The molecule has 0 radical (unpaired) electrons. The SMILES string of the molecule is Cc1ccc(C2Nc3ccc(S(=O)(=O)Nc4ccc(C)cc4C)cc3C3C=CCC32)cc1. The molecule has 3 unspecified atom stereocenters. The minimum Gasteiger partial charge on any atom is -0.378 e. The summed E-state index contributed by atoms with van der Waals surface area (Å²) in [7, 11) is -3.68. The van der Waals surface area contributed by atoms with Crippen molar-refractivity contribution < 1.29 is 8.42 Å². The van der Waals surface area contributed by atoms with Crippen LogP contribution in [0.5, 0.6) is 0 Å². The Morgan fingerprint density at radius 1 is 0.906 bits per heavy atom. The highest BCUT2D eigenvalue weighted by Crippen LogP contribution is 2.50. The van der Waals surface area contributed by atoms with Crippen molar-refractivity contribution in [3.05, 3.63) is 101 Å². The van der Waals surface area contributed by atoms with Crippen LogP contribution in [0.4, 0.5) is 11.4 Å². The monoisotopic (exact) mass is 444 g/mol. The third-order valence-corrected chi connectivity index (χ3v) is 8.07. The van der Waals surface area contributed by atoms with Gasteiger partial charge in [0, 0.05) is 11.6 Å². The van der Waals surface area contributed by atoms with Gasteiger partial charge >= 0.3 is 0 Å². The number of anilines is 2. The van der Waals surface area contributed by atoms with Gasteiger partial charge in [0.2, 0.25) is 0 Å². The van der Waals surface area contributed by atoms with E-state index in [0.717, 1.165) is 28.8 Å². The standard InChI is InChI=1S/C27H28N2O2S/c1-17-7-10-20(11-8-17)27-23-6-4-5-22(23)24-16-21(12-14-26(24)28-27)32(30,31)29-25-13-9-18(2)15-19(25)3/h4-5,7-16,22-23,27-29H,6H2,1-3H3. The first-order valence-corrected chi connectivity index (χ1v) is 12.5. The predicted molar refractivity (Wildman–Crippen MR) is 131 cm³/mol. The van der Waals surface area contributed by atoms with Crippen LogP contribution >= 0.6 is 0 Å². The number of hydrogen-bond donors (Lipinski definition) is 2. The van der Waals surface area contributed by atoms with Gasteiger partial charge in [-0.25, -0.2) is 8.42 Å². The normalized spacial score (nSPS) is 21.5. The van der Waals surface area contributed by atoms with Crippen LogP contribution in [-0.4, -0.2) is 8.42 Å². The van der Waals surface area contributed by atoms with E-state index in [1.165, 1.54) is 11.1 Å². The summed E-state index contributed by atoms with van der Waals surface area (Å²) in [4.78, 5) is 0.297. The minimum atomic E-state index is -3.68. The van der Waals surface area contributed by atoms with E-state index in [4.69, 9.17) is 0 Å². The van der Waals surface area contributed by atoms with Crippen molar-refractivity contribution in [3.63, 3.8) is 0 Å². The van der Waals surface area contributed by atoms with Gasteiger partial charge in [-0.3, -0.25) is 4.72 Å². The van der Waals surface area contributed by atoms with E-state index in [9.17, 15) is 8.42 Å². The number of benzene rings is 3. The zero-order chi connectivity index (χ0) is 22.5. The molecule has 1 aliphatic carbocycles. The predicted octanol–water partition coefficient (Wildman–Crippen LogP) is 6.24. The van der Waals surface area contributed by atoms with Gasteiger partial charge in [0.25, 0.3) is 10.0 Å². The van der Waals surface area contributed by atoms with Gasteiger partial charge in [-0.2, -0.15) is 0 Å². The van der Waals surface area contributed by atoms with Crippen LogP contribution in [0.15, 0.2) is 77.7 Å². The third-order valence-electron chi connectivity index (χ3n) is 6.71. The van der Waals surface area contributed by atoms with E-state index < -0.39 is 10.0 Å². The Hall–Kier alpha value is -3.05. The number of allylic oxidation sites excluding steroid dienone is 2. The molecule has 3 aromatic carbocycles. The summed E-state index contributed by atoms with van der Waals surface area (Å²) in [6.45, 7) is 6.01. The molecule has 0 amide bonds. The minimum absolute atomic E-state index is 0.203. The number of nitrogens with one attached hydrogen (secondary N) is 2. The molecule has 0 fully saturated rings. The van der Waals surface area contributed by atoms with E-state index in [1.807, 2.05) is 44.2 Å². The number of aryl methyl sites for hydroxylation is 3. The fraction of sp³-hybridized carbons (Fsp3) is 0.259. The van der Waals surface area contributed by atoms with Gasteiger partial charge in [-0.15, -0.1) is 0 Å². The van der Waals surface area contributed by atoms with Crippen molar-refractivity contribution in [2.75, 3.05) is 10.0 Å². The van der Waals surface area contributed by atoms with Crippen molar-refractivity contribution in [2.45, 2.75) is 44.0 Å². The van der Waals surface area contributed by atoms with Crippen molar-refractivity contribution in [3.8, 4) is 0 Å². The quantitative estimate of drug-likeness (QED) is 0.468. The zero-order valence-corrected chi connectivity index (χ0v) is 19.4. The average molecular weight is 445 g/mol. The summed E-state index contributed by atoms with van der Waals surface area (Å²) in [6, 6.07) is 20.1.